The minimum absolute atomic E-state index is 0.441. The number of aromatic nitrogens is 4. The molecule has 96 valence electrons. The Bertz CT molecular complexity index is 509. The highest BCUT2D eigenvalue weighted by Crippen LogP contribution is 2.15. The lowest BCUT2D eigenvalue weighted by Gasteiger charge is -2.11. The third-order valence-corrected chi connectivity index (χ3v) is 2.76. The molecule has 5 heteroatoms. The van der Waals surface area contributed by atoms with Gasteiger partial charge in [-0.3, -0.25) is 9.67 Å². The number of aliphatic hydroxyl groups is 1. The molecular formula is C13H18N4O. The van der Waals surface area contributed by atoms with Gasteiger partial charge in [0.2, 0.25) is 0 Å². The third-order valence-electron chi connectivity index (χ3n) is 2.76. The Kier molecular flexibility index (Phi) is 4.04. The SMILES string of the molecule is CCCn1ncnc1CC(O)c1cccc(C)n1. The Balaban J connectivity index is 2.11. The molecule has 0 aliphatic carbocycles. The number of hydrogen-bond donors (Lipinski definition) is 1. The molecule has 5 nitrogen and oxygen atoms in total. The van der Waals surface area contributed by atoms with E-state index in [-0.39, 0.29) is 0 Å². The third kappa shape index (κ3) is 2.92. The number of hydrogen-bond acceptors (Lipinski definition) is 4. The van der Waals surface area contributed by atoms with Gasteiger partial charge in [0, 0.05) is 18.7 Å². The van der Waals surface area contributed by atoms with E-state index in [9.17, 15) is 5.11 Å². The fourth-order valence-electron chi connectivity index (χ4n) is 1.87. The summed E-state index contributed by atoms with van der Waals surface area (Å²) in [6, 6.07) is 5.64. The van der Waals surface area contributed by atoms with Crippen LogP contribution in [0.3, 0.4) is 0 Å². The zero-order valence-electron chi connectivity index (χ0n) is 10.7. The minimum Gasteiger partial charge on any atom is -0.386 e. The second-order valence-corrected chi connectivity index (χ2v) is 4.32. The van der Waals surface area contributed by atoms with E-state index in [0.29, 0.717) is 12.1 Å². The van der Waals surface area contributed by atoms with Crippen LogP contribution in [0.15, 0.2) is 24.5 Å². The van der Waals surface area contributed by atoms with E-state index in [1.165, 1.54) is 6.33 Å². The highest BCUT2D eigenvalue weighted by molar-refractivity contribution is 5.13. The predicted octanol–water partition coefficient (Wildman–Crippen LogP) is 1.67. The van der Waals surface area contributed by atoms with E-state index in [1.807, 2.05) is 29.8 Å². The van der Waals surface area contributed by atoms with Gasteiger partial charge in [0.05, 0.1) is 5.69 Å². The van der Waals surface area contributed by atoms with Crippen molar-refractivity contribution in [2.75, 3.05) is 0 Å². The molecule has 1 atom stereocenters. The van der Waals surface area contributed by atoms with E-state index in [4.69, 9.17) is 0 Å². The maximum absolute atomic E-state index is 10.2. The maximum atomic E-state index is 10.2. The van der Waals surface area contributed by atoms with Gasteiger partial charge in [0.25, 0.3) is 0 Å². The summed E-state index contributed by atoms with van der Waals surface area (Å²) >= 11 is 0. The Morgan fingerprint density at radius 3 is 2.94 bits per heavy atom. The summed E-state index contributed by atoms with van der Waals surface area (Å²) in [5.74, 6) is 0.799. The topological polar surface area (TPSA) is 63.8 Å². The summed E-state index contributed by atoms with van der Waals surface area (Å²) in [4.78, 5) is 8.51. The van der Waals surface area contributed by atoms with Gasteiger partial charge in [-0.25, -0.2) is 4.98 Å². The van der Waals surface area contributed by atoms with Gasteiger partial charge < -0.3 is 5.11 Å². The van der Waals surface area contributed by atoms with Crippen LogP contribution >= 0.6 is 0 Å². The van der Waals surface area contributed by atoms with Gasteiger partial charge in [-0.15, -0.1) is 0 Å². The van der Waals surface area contributed by atoms with Crippen molar-refractivity contribution in [3.63, 3.8) is 0 Å². The lowest BCUT2D eigenvalue weighted by Crippen LogP contribution is -2.11. The van der Waals surface area contributed by atoms with E-state index in [1.54, 1.807) is 0 Å². The quantitative estimate of drug-likeness (QED) is 0.871. The molecule has 0 radical (unpaired) electrons. The molecule has 0 fully saturated rings. The highest BCUT2D eigenvalue weighted by Gasteiger charge is 2.14. The average molecular weight is 246 g/mol. The van der Waals surface area contributed by atoms with Gasteiger partial charge in [0.15, 0.2) is 0 Å². The Morgan fingerprint density at radius 1 is 1.39 bits per heavy atom. The van der Waals surface area contributed by atoms with Crippen LogP contribution in [0, 0.1) is 6.92 Å². The fraction of sp³-hybridized carbons (Fsp3) is 0.462. The van der Waals surface area contributed by atoms with Crippen LogP contribution in [0.2, 0.25) is 0 Å². The lowest BCUT2D eigenvalue weighted by atomic mass is 10.1. The predicted molar refractivity (Wildman–Crippen MR) is 68.0 cm³/mol. The molecule has 0 aliphatic rings. The first-order valence-corrected chi connectivity index (χ1v) is 6.19. The molecule has 1 N–H and O–H groups in total. The number of nitrogens with zero attached hydrogens (tertiary/aromatic N) is 4. The molecule has 0 saturated heterocycles. The first kappa shape index (κ1) is 12.7. The average Bonchev–Trinajstić information content (AvgIpc) is 2.77. The van der Waals surface area contributed by atoms with E-state index >= 15 is 0 Å². The van der Waals surface area contributed by atoms with Crippen LogP contribution in [0.5, 0.6) is 0 Å². The van der Waals surface area contributed by atoms with E-state index < -0.39 is 6.10 Å². The van der Waals surface area contributed by atoms with Gasteiger partial charge in [-0.1, -0.05) is 13.0 Å². The van der Waals surface area contributed by atoms with Crippen LogP contribution in [0.1, 0.15) is 36.7 Å². The molecule has 0 saturated carbocycles. The standard InChI is InChI=1S/C13H18N4O/c1-3-7-17-13(14-9-15-17)8-12(18)11-6-4-5-10(2)16-11/h4-6,9,12,18H,3,7-8H2,1-2H3. The summed E-state index contributed by atoms with van der Waals surface area (Å²) < 4.78 is 1.83. The van der Waals surface area contributed by atoms with Crippen LogP contribution in [0.4, 0.5) is 0 Å². The summed E-state index contributed by atoms with van der Waals surface area (Å²) in [5.41, 5.74) is 1.59. The zero-order valence-corrected chi connectivity index (χ0v) is 10.7. The molecule has 0 amide bonds. The molecule has 0 spiro atoms. The number of rotatable bonds is 5. The second-order valence-electron chi connectivity index (χ2n) is 4.32. The number of pyridine rings is 1. The van der Waals surface area contributed by atoms with Crippen molar-refractivity contribution >= 4 is 0 Å². The molecule has 1 unspecified atom stereocenters. The Hall–Kier alpha value is -1.75. The zero-order chi connectivity index (χ0) is 13.0. The Morgan fingerprint density at radius 2 is 2.22 bits per heavy atom. The smallest absolute Gasteiger partial charge is 0.138 e. The van der Waals surface area contributed by atoms with Crippen molar-refractivity contribution in [3.05, 3.63) is 41.7 Å². The Labute approximate surface area is 107 Å². The van der Waals surface area contributed by atoms with Gasteiger partial charge >= 0.3 is 0 Å². The first-order valence-electron chi connectivity index (χ1n) is 6.19. The summed E-state index contributed by atoms with van der Waals surface area (Å²) in [6.07, 6.45) is 2.33. The van der Waals surface area contributed by atoms with Crippen molar-refractivity contribution in [3.8, 4) is 0 Å². The van der Waals surface area contributed by atoms with Crippen molar-refractivity contribution in [1.29, 1.82) is 0 Å². The fourth-order valence-corrected chi connectivity index (χ4v) is 1.87. The van der Waals surface area contributed by atoms with Crippen LogP contribution in [-0.2, 0) is 13.0 Å². The lowest BCUT2D eigenvalue weighted by molar-refractivity contribution is 0.169. The molecule has 2 aromatic rings. The van der Waals surface area contributed by atoms with Gasteiger partial charge in [-0.05, 0) is 25.5 Å². The molecule has 2 rings (SSSR count). The van der Waals surface area contributed by atoms with Crippen LogP contribution in [0.25, 0.3) is 0 Å². The van der Waals surface area contributed by atoms with Crippen molar-refractivity contribution in [2.45, 2.75) is 39.3 Å². The summed E-state index contributed by atoms with van der Waals surface area (Å²) in [5, 5.41) is 14.3. The molecule has 2 aromatic heterocycles. The maximum Gasteiger partial charge on any atom is 0.138 e. The first-order chi connectivity index (χ1) is 8.70. The minimum atomic E-state index is -0.635. The van der Waals surface area contributed by atoms with Crippen molar-refractivity contribution < 1.29 is 5.11 Å². The summed E-state index contributed by atoms with van der Waals surface area (Å²) in [6.45, 7) is 4.82. The summed E-state index contributed by atoms with van der Waals surface area (Å²) in [7, 11) is 0. The molecule has 2 heterocycles. The molecule has 0 aromatic carbocycles. The second kappa shape index (κ2) is 5.73. The number of aliphatic hydroxyl groups excluding tert-OH is 1. The molecule has 0 aliphatic heterocycles. The normalized spacial score (nSPS) is 12.6. The molecule has 0 bridgehead atoms. The molecular weight excluding hydrogens is 228 g/mol. The van der Waals surface area contributed by atoms with Gasteiger partial charge in [0.1, 0.15) is 18.3 Å². The van der Waals surface area contributed by atoms with Gasteiger partial charge in [-0.2, -0.15) is 5.10 Å². The van der Waals surface area contributed by atoms with Crippen LogP contribution < -0.4 is 0 Å². The van der Waals surface area contributed by atoms with Crippen LogP contribution in [-0.4, -0.2) is 24.9 Å². The van der Waals surface area contributed by atoms with Crippen molar-refractivity contribution in [1.82, 2.24) is 19.7 Å². The van der Waals surface area contributed by atoms with Crippen molar-refractivity contribution in [2.24, 2.45) is 0 Å². The van der Waals surface area contributed by atoms with E-state index in [2.05, 4.69) is 22.0 Å². The largest absolute Gasteiger partial charge is 0.386 e. The highest BCUT2D eigenvalue weighted by atomic mass is 16.3. The molecule has 18 heavy (non-hydrogen) atoms. The van der Waals surface area contributed by atoms with E-state index in [0.717, 1.165) is 24.5 Å². The number of aryl methyl sites for hydroxylation is 2. The monoisotopic (exact) mass is 246 g/mol.